The Morgan fingerprint density at radius 1 is 0.487 bits per heavy atom. The summed E-state index contributed by atoms with van der Waals surface area (Å²) >= 11 is 0. The lowest BCUT2D eigenvalue weighted by Gasteiger charge is -2.09. The second-order valence-corrected chi connectivity index (χ2v) is 8.66. The fraction of sp³-hybridized carbons (Fsp3) is 0.741. The summed E-state index contributed by atoms with van der Waals surface area (Å²) in [6.07, 6.45) is 9.69. The van der Waals surface area contributed by atoms with E-state index in [9.17, 15) is 26.7 Å². The number of ether oxygens (including phenoxy) is 6. The molecule has 0 atom stereocenters. The third-order valence-electron chi connectivity index (χ3n) is 5.47. The molecule has 1 aromatic rings. The standard InChI is InChI=1S/C27H41F5O7/c1-2-3-4-5-6-7-8-9-11-34-13-15-36-17-19-38-20-18-37-16-14-35-12-10-21(33)39-27-25(31)23(29)22(28)24(30)26(27)32/h2-20H2,1H3. The molecule has 1 aromatic carbocycles. The van der Waals surface area contributed by atoms with Crippen LogP contribution in [0.4, 0.5) is 22.0 Å². The normalized spacial score (nSPS) is 11.3. The molecular formula is C27H41F5O7. The van der Waals surface area contributed by atoms with E-state index in [-0.39, 0.29) is 19.8 Å². The van der Waals surface area contributed by atoms with Crippen LogP contribution in [-0.2, 0) is 28.5 Å². The minimum absolute atomic E-state index is 0.109. The summed E-state index contributed by atoms with van der Waals surface area (Å²) in [4.78, 5) is 11.6. The molecule has 0 N–H and O–H groups in total. The van der Waals surface area contributed by atoms with Crippen molar-refractivity contribution < 1.29 is 55.2 Å². The molecule has 0 aromatic heterocycles. The Labute approximate surface area is 227 Å². The molecule has 0 amide bonds. The molecule has 1 rings (SSSR count). The van der Waals surface area contributed by atoms with Gasteiger partial charge in [0.1, 0.15) is 0 Å². The van der Waals surface area contributed by atoms with Gasteiger partial charge in [-0.15, -0.1) is 0 Å². The maximum Gasteiger partial charge on any atom is 0.313 e. The van der Waals surface area contributed by atoms with E-state index in [1.54, 1.807) is 0 Å². The van der Waals surface area contributed by atoms with Gasteiger partial charge in [-0.1, -0.05) is 51.9 Å². The second kappa shape index (κ2) is 22.9. The highest BCUT2D eigenvalue weighted by molar-refractivity contribution is 5.72. The Bertz CT molecular complexity index is 769. The number of carbonyl (C=O) groups excluding carboxylic acids is 1. The van der Waals surface area contributed by atoms with E-state index in [1.807, 2.05) is 0 Å². The highest BCUT2D eigenvalue weighted by atomic mass is 19.2. The molecule has 0 saturated carbocycles. The third kappa shape index (κ3) is 16.1. The van der Waals surface area contributed by atoms with Gasteiger partial charge >= 0.3 is 5.97 Å². The fourth-order valence-electron chi connectivity index (χ4n) is 3.31. The Morgan fingerprint density at radius 3 is 1.31 bits per heavy atom. The number of carbonyl (C=O) groups is 1. The number of halogens is 5. The SMILES string of the molecule is CCCCCCCCCCOCCOCCOCCOCCOCCC(=O)Oc1c(F)c(F)c(F)c(F)c1F. The lowest BCUT2D eigenvalue weighted by molar-refractivity contribution is -0.136. The molecule has 0 bridgehead atoms. The van der Waals surface area contributed by atoms with Crippen molar-refractivity contribution >= 4 is 5.97 Å². The summed E-state index contributed by atoms with van der Waals surface area (Å²) in [5.74, 6) is -14.0. The van der Waals surface area contributed by atoms with Crippen LogP contribution in [0.15, 0.2) is 0 Å². The lowest BCUT2D eigenvalue weighted by Crippen LogP contribution is -2.16. The van der Waals surface area contributed by atoms with Gasteiger partial charge < -0.3 is 28.4 Å². The van der Waals surface area contributed by atoms with Crippen molar-refractivity contribution in [1.82, 2.24) is 0 Å². The van der Waals surface area contributed by atoms with Crippen LogP contribution in [0.2, 0.25) is 0 Å². The first-order valence-corrected chi connectivity index (χ1v) is 13.5. The average molecular weight is 573 g/mol. The smallest absolute Gasteiger partial charge is 0.313 e. The maximum atomic E-state index is 13.5. The molecule has 0 radical (unpaired) electrons. The number of hydrogen-bond donors (Lipinski definition) is 0. The molecule has 0 fully saturated rings. The van der Waals surface area contributed by atoms with Crippen LogP contribution in [0.25, 0.3) is 0 Å². The summed E-state index contributed by atoms with van der Waals surface area (Å²) in [6.45, 7) is 5.71. The maximum absolute atomic E-state index is 13.5. The lowest BCUT2D eigenvalue weighted by atomic mass is 10.1. The predicted molar refractivity (Wildman–Crippen MR) is 133 cm³/mol. The molecule has 7 nitrogen and oxygen atoms in total. The van der Waals surface area contributed by atoms with E-state index >= 15 is 0 Å². The second-order valence-electron chi connectivity index (χ2n) is 8.66. The summed E-state index contributed by atoms with van der Waals surface area (Å²) in [6, 6.07) is 0. The van der Waals surface area contributed by atoms with Gasteiger partial charge in [-0.3, -0.25) is 4.79 Å². The molecule has 0 unspecified atom stereocenters. The number of rotatable bonds is 25. The third-order valence-corrected chi connectivity index (χ3v) is 5.47. The van der Waals surface area contributed by atoms with Crippen molar-refractivity contribution in [1.29, 1.82) is 0 Å². The van der Waals surface area contributed by atoms with Crippen LogP contribution in [0.1, 0.15) is 64.7 Å². The van der Waals surface area contributed by atoms with E-state index in [4.69, 9.17) is 23.7 Å². The van der Waals surface area contributed by atoms with Gasteiger partial charge in [0.05, 0.1) is 65.9 Å². The van der Waals surface area contributed by atoms with Crippen molar-refractivity contribution in [3.8, 4) is 5.75 Å². The van der Waals surface area contributed by atoms with Crippen LogP contribution in [-0.4, -0.2) is 72.0 Å². The zero-order valence-electron chi connectivity index (χ0n) is 22.7. The van der Waals surface area contributed by atoms with E-state index in [0.717, 1.165) is 13.0 Å². The van der Waals surface area contributed by atoms with Gasteiger partial charge in [-0.05, 0) is 6.42 Å². The van der Waals surface area contributed by atoms with Gasteiger partial charge in [0.15, 0.2) is 0 Å². The molecule has 0 aliphatic carbocycles. The quantitative estimate of drug-likeness (QED) is 0.0361. The van der Waals surface area contributed by atoms with E-state index in [1.165, 1.54) is 44.9 Å². The minimum atomic E-state index is -2.34. The first-order chi connectivity index (χ1) is 18.9. The molecule has 0 saturated heterocycles. The average Bonchev–Trinajstić information content (AvgIpc) is 2.93. The first-order valence-electron chi connectivity index (χ1n) is 13.5. The molecule has 39 heavy (non-hydrogen) atoms. The summed E-state index contributed by atoms with van der Waals surface area (Å²) in [5, 5.41) is 0. The van der Waals surface area contributed by atoms with Crippen LogP contribution >= 0.6 is 0 Å². The van der Waals surface area contributed by atoms with E-state index < -0.39 is 47.2 Å². The van der Waals surface area contributed by atoms with Crippen LogP contribution in [0.5, 0.6) is 5.75 Å². The van der Waals surface area contributed by atoms with Crippen molar-refractivity contribution in [3.63, 3.8) is 0 Å². The Hall–Kier alpha value is -1.86. The van der Waals surface area contributed by atoms with E-state index in [0.29, 0.717) is 39.6 Å². The number of benzene rings is 1. The zero-order chi connectivity index (χ0) is 28.7. The van der Waals surface area contributed by atoms with E-state index in [2.05, 4.69) is 11.7 Å². The Morgan fingerprint density at radius 2 is 0.846 bits per heavy atom. The van der Waals surface area contributed by atoms with Crippen molar-refractivity contribution in [2.75, 3.05) is 66.1 Å². The summed E-state index contributed by atoms with van der Waals surface area (Å²) in [5.41, 5.74) is 0. The predicted octanol–water partition coefficient (Wildman–Crippen LogP) is 5.90. The monoisotopic (exact) mass is 572 g/mol. The molecule has 0 heterocycles. The Kier molecular flexibility index (Phi) is 20.7. The van der Waals surface area contributed by atoms with Gasteiger partial charge in [0, 0.05) is 6.61 Å². The number of hydrogen-bond acceptors (Lipinski definition) is 7. The number of unbranched alkanes of at least 4 members (excludes halogenated alkanes) is 7. The minimum Gasteiger partial charge on any atom is -0.420 e. The molecule has 226 valence electrons. The first kappa shape index (κ1) is 35.2. The Balaban J connectivity index is 1.86. The van der Waals surface area contributed by atoms with Gasteiger partial charge in [-0.25, -0.2) is 13.2 Å². The van der Waals surface area contributed by atoms with Crippen LogP contribution in [0, 0.1) is 29.1 Å². The highest BCUT2D eigenvalue weighted by Gasteiger charge is 2.28. The summed E-state index contributed by atoms with van der Waals surface area (Å²) in [7, 11) is 0. The van der Waals surface area contributed by atoms with Crippen molar-refractivity contribution in [3.05, 3.63) is 29.1 Å². The van der Waals surface area contributed by atoms with Crippen molar-refractivity contribution in [2.45, 2.75) is 64.7 Å². The van der Waals surface area contributed by atoms with Crippen LogP contribution < -0.4 is 4.74 Å². The number of esters is 1. The van der Waals surface area contributed by atoms with Crippen molar-refractivity contribution in [2.24, 2.45) is 0 Å². The van der Waals surface area contributed by atoms with Gasteiger partial charge in [0.2, 0.25) is 34.8 Å². The fourth-order valence-corrected chi connectivity index (χ4v) is 3.31. The molecule has 0 spiro atoms. The largest absolute Gasteiger partial charge is 0.420 e. The zero-order valence-corrected chi connectivity index (χ0v) is 22.7. The molecule has 0 aliphatic rings. The van der Waals surface area contributed by atoms with Gasteiger partial charge in [0.25, 0.3) is 0 Å². The molecule has 0 aliphatic heterocycles. The van der Waals surface area contributed by atoms with Gasteiger partial charge in [-0.2, -0.15) is 8.78 Å². The topological polar surface area (TPSA) is 72.5 Å². The molecular weight excluding hydrogens is 531 g/mol. The van der Waals surface area contributed by atoms with Crippen LogP contribution in [0.3, 0.4) is 0 Å². The molecule has 12 heteroatoms. The highest BCUT2D eigenvalue weighted by Crippen LogP contribution is 2.29. The summed E-state index contributed by atoms with van der Waals surface area (Å²) < 4.78 is 97.2.